The molecule has 0 amide bonds. The third kappa shape index (κ3) is 1.26. The van der Waals surface area contributed by atoms with Crippen LogP contribution in [0.3, 0.4) is 0 Å². The molecule has 0 aliphatic heterocycles. The molecule has 0 saturated heterocycles. The average Bonchev–Trinajstić information content (AvgIpc) is 2.56. The summed E-state index contributed by atoms with van der Waals surface area (Å²) in [6.07, 6.45) is 0. The van der Waals surface area contributed by atoms with Crippen LogP contribution in [-0.2, 0) is 0 Å². The van der Waals surface area contributed by atoms with Crippen LogP contribution < -0.4 is 5.73 Å². The van der Waals surface area contributed by atoms with Crippen LogP contribution in [0.2, 0.25) is 5.02 Å². The van der Waals surface area contributed by atoms with E-state index >= 15 is 0 Å². The van der Waals surface area contributed by atoms with Gasteiger partial charge in [0, 0.05) is 32.5 Å². The highest BCUT2D eigenvalue weighted by molar-refractivity contribution is 6.31. The minimum Gasteiger partial charge on any atom is -0.399 e. The largest absolute Gasteiger partial charge is 0.399 e. The lowest BCUT2D eigenvalue weighted by Gasteiger charge is -1.94. The van der Waals surface area contributed by atoms with Crippen molar-refractivity contribution >= 4 is 39.1 Å². The molecule has 0 fully saturated rings. The number of benzene rings is 2. The zero-order chi connectivity index (χ0) is 10.4. The van der Waals surface area contributed by atoms with E-state index < -0.39 is 0 Å². The predicted octanol–water partition coefficient (Wildman–Crippen LogP) is 3.56. The lowest BCUT2D eigenvalue weighted by Crippen LogP contribution is -1.81. The van der Waals surface area contributed by atoms with E-state index in [1.165, 1.54) is 0 Å². The molecular formula is C12H9ClN2. The fraction of sp³-hybridized carbons (Fsp3) is 0. The molecule has 1 aromatic heterocycles. The number of rotatable bonds is 0. The first-order valence-electron chi connectivity index (χ1n) is 4.70. The molecular weight excluding hydrogens is 208 g/mol. The minimum atomic E-state index is 0.742. The van der Waals surface area contributed by atoms with Crippen molar-refractivity contribution in [3.63, 3.8) is 0 Å². The fourth-order valence-corrected chi connectivity index (χ4v) is 2.06. The van der Waals surface area contributed by atoms with Gasteiger partial charge in [-0.15, -0.1) is 0 Å². The Bertz CT molecular complexity index is 599. The summed E-state index contributed by atoms with van der Waals surface area (Å²) in [5.74, 6) is 0. The second-order valence-electron chi connectivity index (χ2n) is 3.62. The molecule has 1 heterocycles. The normalized spacial score (nSPS) is 11.3. The number of nitrogen functional groups attached to an aromatic ring is 1. The number of hydrogen-bond donors (Lipinski definition) is 2. The van der Waals surface area contributed by atoms with Crippen molar-refractivity contribution in [1.29, 1.82) is 0 Å². The van der Waals surface area contributed by atoms with Crippen molar-refractivity contribution in [2.75, 3.05) is 5.73 Å². The van der Waals surface area contributed by atoms with Gasteiger partial charge in [-0.05, 0) is 36.4 Å². The van der Waals surface area contributed by atoms with Gasteiger partial charge in [-0.2, -0.15) is 0 Å². The first kappa shape index (κ1) is 8.62. The Kier molecular flexibility index (Phi) is 1.67. The molecule has 0 atom stereocenters. The molecule has 3 heteroatoms. The van der Waals surface area contributed by atoms with Gasteiger partial charge in [0.15, 0.2) is 0 Å². The van der Waals surface area contributed by atoms with Gasteiger partial charge in [-0.1, -0.05) is 11.6 Å². The van der Waals surface area contributed by atoms with E-state index in [9.17, 15) is 0 Å². The first-order chi connectivity index (χ1) is 7.24. The first-order valence-corrected chi connectivity index (χ1v) is 5.08. The molecule has 3 aromatic rings. The highest BCUT2D eigenvalue weighted by atomic mass is 35.5. The molecule has 0 saturated carbocycles. The fourth-order valence-electron chi connectivity index (χ4n) is 1.89. The van der Waals surface area contributed by atoms with Gasteiger partial charge in [0.1, 0.15) is 0 Å². The summed E-state index contributed by atoms with van der Waals surface area (Å²) in [6.45, 7) is 0. The maximum atomic E-state index is 5.97. The second-order valence-corrected chi connectivity index (χ2v) is 4.06. The molecule has 0 radical (unpaired) electrons. The highest BCUT2D eigenvalue weighted by Gasteiger charge is 2.04. The van der Waals surface area contributed by atoms with Gasteiger partial charge in [0.2, 0.25) is 0 Å². The van der Waals surface area contributed by atoms with Crippen molar-refractivity contribution in [3.05, 3.63) is 41.4 Å². The molecule has 15 heavy (non-hydrogen) atoms. The number of aromatic amines is 1. The molecule has 2 aromatic carbocycles. The zero-order valence-corrected chi connectivity index (χ0v) is 8.68. The number of halogens is 1. The Morgan fingerprint density at radius 3 is 2.40 bits per heavy atom. The summed E-state index contributed by atoms with van der Waals surface area (Å²) < 4.78 is 0. The van der Waals surface area contributed by atoms with E-state index in [-0.39, 0.29) is 0 Å². The van der Waals surface area contributed by atoms with Crippen molar-refractivity contribution < 1.29 is 0 Å². The second kappa shape index (κ2) is 2.91. The lowest BCUT2D eigenvalue weighted by molar-refractivity contribution is 1.55. The number of anilines is 1. The molecule has 0 aliphatic rings. The van der Waals surface area contributed by atoms with Gasteiger partial charge in [0.05, 0.1) is 0 Å². The molecule has 74 valence electrons. The van der Waals surface area contributed by atoms with Crippen LogP contribution >= 0.6 is 11.6 Å². The summed E-state index contributed by atoms with van der Waals surface area (Å²) >= 11 is 5.97. The zero-order valence-electron chi connectivity index (χ0n) is 7.92. The van der Waals surface area contributed by atoms with Crippen LogP contribution in [0.15, 0.2) is 36.4 Å². The standard InChI is InChI=1S/C12H9ClN2/c13-7-1-3-11-9(5-7)10-6-8(14)2-4-12(10)15-11/h1-6,15H,14H2. The SMILES string of the molecule is Nc1ccc2[nH]c3ccc(Cl)cc3c2c1. The van der Waals surface area contributed by atoms with E-state index in [4.69, 9.17) is 17.3 Å². The molecule has 0 spiro atoms. The van der Waals surface area contributed by atoms with E-state index in [1.807, 2.05) is 36.4 Å². The predicted molar refractivity (Wildman–Crippen MR) is 65.2 cm³/mol. The minimum absolute atomic E-state index is 0.742. The molecule has 2 nitrogen and oxygen atoms in total. The number of nitrogens with one attached hydrogen (secondary N) is 1. The van der Waals surface area contributed by atoms with Crippen LogP contribution in [0.4, 0.5) is 5.69 Å². The Morgan fingerprint density at radius 1 is 0.933 bits per heavy atom. The van der Waals surface area contributed by atoms with Crippen LogP contribution in [0.5, 0.6) is 0 Å². The Labute approximate surface area is 91.6 Å². The van der Waals surface area contributed by atoms with E-state index in [1.54, 1.807) is 0 Å². The molecule has 3 rings (SSSR count). The van der Waals surface area contributed by atoms with Gasteiger partial charge < -0.3 is 10.7 Å². The average molecular weight is 217 g/mol. The maximum Gasteiger partial charge on any atom is 0.0466 e. The molecule has 0 unspecified atom stereocenters. The monoisotopic (exact) mass is 216 g/mol. The number of fused-ring (bicyclic) bond motifs is 3. The molecule has 0 bridgehead atoms. The van der Waals surface area contributed by atoms with E-state index in [0.717, 1.165) is 32.5 Å². The Hall–Kier alpha value is -1.67. The number of nitrogens with two attached hydrogens (primary N) is 1. The summed E-state index contributed by atoms with van der Waals surface area (Å²) in [6, 6.07) is 11.6. The summed E-state index contributed by atoms with van der Waals surface area (Å²) in [4.78, 5) is 3.32. The lowest BCUT2D eigenvalue weighted by atomic mass is 10.1. The molecule has 0 aliphatic carbocycles. The van der Waals surface area contributed by atoms with Gasteiger partial charge in [-0.3, -0.25) is 0 Å². The van der Waals surface area contributed by atoms with Gasteiger partial charge >= 0.3 is 0 Å². The van der Waals surface area contributed by atoms with Crippen molar-refractivity contribution in [3.8, 4) is 0 Å². The van der Waals surface area contributed by atoms with Gasteiger partial charge in [-0.25, -0.2) is 0 Å². The summed E-state index contributed by atoms with van der Waals surface area (Å²) in [5, 5.41) is 2.98. The van der Waals surface area contributed by atoms with Crippen molar-refractivity contribution in [1.82, 2.24) is 4.98 Å². The van der Waals surface area contributed by atoms with E-state index in [2.05, 4.69) is 4.98 Å². The maximum absolute atomic E-state index is 5.97. The number of hydrogen-bond acceptors (Lipinski definition) is 1. The van der Waals surface area contributed by atoms with Gasteiger partial charge in [0.25, 0.3) is 0 Å². The van der Waals surface area contributed by atoms with Crippen LogP contribution in [0.1, 0.15) is 0 Å². The number of aromatic nitrogens is 1. The Morgan fingerprint density at radius 2 is 1.60 bits per heavy atom. The topological polar surface area (TPSA) is 41.8 Å². The molecule has 3 N–H and O–H groups in total. The third-order valence-electron chi connectivity index (χ3n) is 2.58. The van der Waals surface area contributed by atoms with Crippen LogP contribution in [0, 0.1) is 0 Å². The van der Waals surface area contributed by atoms with Crippen molar-refractivity contribution in [2.24, 2.45) is 0 Å². The Balaban J connectivity index is 2.55. The summed E-state index contributed by atoms with van der Waals surface area (Å²) in [7, 11) is 0. The van der Waals surface area contributed by atoms with Crippen LogP contribution in [0.25, 0.3) is 21.8 Å². The van der Waals surface area contributed by atoms with Crippen molar-refractivity contribution in [2.45, 2.75) is 0 Å². The third-order valence-corrected chi connectivity index (χ3v) is 2.82. The summed E-state index contributed by atoms with van der Waals surface area (Å²) in [5.41, 5.74) is 8.70. The van der Waals surface area contributed by atoms with Crippen LogP contribution in [-0.4, -0.2) is 4.98 Å². The van der Waals surface area contributed by atoms with E-state index in [0.29, 0.717) is 0 Å². The quantitative estimate of drug-likeness (QED) is 0.555. The highest BCUT2D eigenvalue weighted by Crippen LogP contribution is 2.28. The smallest absolute Gasteiger partial charge is 0.0466 e. The number of H-pyrrole nitrogens is 1.